The number of aliphatic imine (C=N–C) groups is 1. The first-order valence-electron chi connectivity index (χ1n) is 3.64. The lowest BCUT2D eigenvalue weighted by atomic mass is 10.1. The molecular weight excluding hydrogens is 274 g/mol. The third-order valence-electron chi connectivity index (χ3n) is 1.91. The average Bonchev–Trinajstić information content (AvgIpc) is 2.42. The number of thioether (sulfide) groups is 1. The van der Waals surface area contributed by atoms with Crippen molar-refractivity contribution in [1.82, 2.24) is 5.32 Å². The molecule has 2 rings (SSSR count). The Kier molecular flexibility index (Phi) is 2.31. The minimum absolute atomic E-state index is 0.102. The molecule has 6 nitrogen and oxygen atoms in total. The van der Waals surface area contributed by atoms with Gasteiger partial charge in [-0.25, -0.2) is 0 Å². The van der Waals surface area contributed by atoms with Crippen LogP contribution < -0.4 is 5.32 Å². The van der Waals surface area contributed by atoms with Crippen molar-refractivity contribution in [2.24, 2.45) is 10.9 Å². The third-order valence-corrected chi connectivity index (χ3v) is 3.93. The summed E-state index contributed by atoms with van der Waals surface area (Å²) in [6.45, 7) is 0. The lowest BCUT2D eigenvalue weighted by Crippen LogP contribution is -2.40. The van der Waals surface area contributed by atoms with Crippen LogP contribution in [0.15, 0.2) is 14.5 Å². The number of nitro groups is 1. The zero-order valence-corrected chi connectivity index (χ0v) is 9.04. The molecule has 0 fully saturated rings. The van der Waals surface area contributed by atoms with E-state index in [1.54, 1.807) is 0 Å². The van der Waals surface area contributed by atoms with Crippen molar-refractivity contribution in [2.45, 2.75) is 5.37 Å². The van der Waals surface area contributed by atoms with E-state index in [1.165, 1.54) is 18.1 Å². The average molecular weight is 278 g/mol. The van der Waals surface area contributed by atoms with Gasteiger partial charge in [0.1, 0.15) is 9.19 Å². The van der Waals surface area contributed by atoms with Crippen molar-refractivity contribution in [2.75, 3.05) is 0 Å². The van der Waals surface area contributed by atoms with Crippen molar-refractivity contribution >= 4 is 39.9 Å². The number of fused-ring (bicyclic) bond motifs is 1. The van der Waals surface area contributed by atoms with Crippen molar-refractivity contribution in [3.05, 3.63) is 19.6 Å². The Hall–Kier alpha value is -0.890. The molecule has 2 unspecified atom stereocenters. The number of hydrogen-bond donors (Lipinski definition) is 1. The summed E-state index contributed by atoms with van der Waals surface area (Å²) in [5.41, 5.74) is -0.102. The Morgan fingerprint density at radius 2 is 2.43 bits per heavy atom. The molecule has 0 radical (unpaired) electrons. The number of carbonyl (C=O) groups excluding carboxylic acids is 1. The molecule has 0 aliphatic carbocycles. The van der Waals surface area contributed by atoms with E-state index < -0.39 is 16.2 Å². The molecule has 2 atom stereocenters. The van der Waals surface area contributed by atoms with Crippen LogP contribution in [-0.2, 0) is 4.79 Å². The molecule has 0 saturated heterocycles. The molecule has 74 valence electrons. The Morgan fingerprint density at radius 1 is 1.71 bits per heavy atom. The zero-order chi connectivity index (χ0) is 10.3. The van der Waals surface area contributed by atoms with E-state index >= 15 is 0 Å². The monoisotopic (exact) mass is 277 g/mol. The standard InChI is InChI=1S/C6H4BrN3O3S/c7-4-3(10(12)13)2-5(11)8-1-9-6(2)14-4/h1-2,6H,(H,8,9,11). The molecule has 0 aromatic rings. The molecule has 0 bridgehead atoms. The van der Waals surface area contributed by atoms with Crippen molar-refractivity contribution in [3.63, 3.8) is 0 Å². The summed E-state index contributed by atoms with van der Waals surface area (Å²) in [5.74, 6) is -1.16. The number of hydrogen-bond acceptors (Lipinski definition) is 5. The van der Waals surface area contributed by atoms with Crippen LogP contribution in [0.2, 0.25) is 0 Å². The van der Waals surface area contributed by atoms with Gasteiger partial charge in [0.15, 0.2) is 5.92 Å². The topological polar surface area (TPSA) is 84.6 Å². The third kappa shape index (κ3) is 1.34. The van der Waals surface area contributed by atoms with Gasteiger partial charge in [-0.1, -0.05) is 11.8 Å². The molecule has 8 heteroatoms. The Bertz CT molecular complexity index is 381. The van der Waals surface area contributed by atoms with Crippen molar-refractivity contribution in [1.29, 1.82) is 0 Å². The van der Waals surface area contributed by atoms with Crippen molar-refractivity contribution in [3.8, 4) is 0 Å². The van der Waals surface area contributed by atoms with E-state index in [9.17, 15) is 14.9 Å². The van der Waals surface area contributed by atoms with E-state index in [-0.39, 0.29) is 11.6 Å². The maximum absolute atomic E-state index is 11.4. The van der Waals surface area contributed by atoms with Crippen LogP contribution in [0.4, 0.5) is 0 Å². The number of rotatable bonds is 1. The summed E-state index contributed by atoms with van der Waals surface area (Å²) < 4.78 is 0.381. The highest BCUT2D eigenvalue weighted by Gasteiger charge is 2.48. The molecule has 0 aromatic carbocycles. The molecule has 2 aliphatic heterocycles. The van der Waals surface area contributed by atoms with E-state index in [2.05, 4.69) is 26.2 Å². The first kappa shape index (κ1) is 9.66. The quantitative estimate of drug-likeness (QED) is 0.564. The summed E-state index contributed by atoms with van der Waals surface area (Å²) in [7, 11) is 0. The molecule has 0 saturated carbocycles. The number of nitrogens with one attached hydrogen (secondary N) is 1. The van der Waals surface area contributed by atoms with Gasteiger partial charge < -0.3 is 5.32 Å². The summed E-state index contributed by atoms with van der Waals surface area (Å²) in [4.78, 5) is 25.5. The van der Waals surface area contributed by atoms with Gasteiger partial charge in [0, 0.05) is 0 Å². The van der Waals surface area contributed by atoms with E-state index in [4.69, 9.17) is 0 Å². The van der Waals surface area contributed by atoms with Crippen LogP contribution in [0.25, 0.3) is 0 Å². The predicted molar refractivity (Wildman–Crippen MR) is 54.5 cm³/mol. The second-order valence-electron chi connectivity index (χ2n) is 2.69. The highest BCUT2D eigenvalue weighted by molar-refractivity contribution is 9.14. The number of nitrogens with zero attached hydrogens (tertiary/aromatic N) is 2. The fourth-order valence-electron chi connectivity index (χ4n) is 1.31. The Labute approximate surface area is 91.1 Å². The van der Waals surface area contributed by atoms with Crippen LogP contribution >= 0.6 is 27.7 Å². The van der Waals surface area contributed by atoms with Gasteiger partial charge in [0.25, 0.3) is 5.70 Å². The molecule has 2 heterocycles. The Balaban J connectivity index is 2.41. The first-order valence-corrected chi connectivity index (χ1v) is 5.31. The van der Waals surface area contributed by atoms with Crippen LogP contribution in [0.5, 0.6) is 0 Å². The molecule has 0 aromatic heterocycles. The predicted octanol–water partition coefficient (Wildman–Crippen LogP) is 0.674. The zero-order valence-electron chi connectivity index (χ0n) is 6.64. The van der Waals surface area contributed by atoms with Gasteiger partial charge in [-0.3, -0.25) is 19.9 Å². The minimum atomic E-state index is -0.783. The van der Waals surface area contributed by atoms with Gasteiger partial charge in [-0.15, -0.1) is 0 Å². The molecule has 1 amide bonds. The maximum Gasteiger partial charge on any atom is 0.282 e. The largest absolute Gasteiger partial charge is 0.316 e. The lowest BCUT2D eigenvalue weighted by molar-refractivity contribution is -0.431. The molecule has 2 aliphatic rings. The first-order chi connectivity index (χ1) is 6.61. The fraction of sp³-hybridized carbons (Fsp3) is 0.333. The van der Waals surface area contributed by atoms with Gasteiger partial charge in [-0.05, 0) is 15.9 Å². The molecule has 14 heavy (non-hydrogen) atoms. The maximum atomic E-state index is 11.4. The Morgan fingerprint density at radius 3 is 3.07 bits per heavy atom. The molecular formula is C6H4BrN3O3S. The SMILES string of the molecule is O=C1NC=NC2SC(Br)=C([N+](=O)[O-])C12. The fourth-order valence-corrected chi connectivity index (χ4v) is 3.32. The minimum Gasteiger partial charge on any atom is -0.316 e. The highest BCUT2D eigenvalue weighted by atomic mass is 79.9. The highest BCUT2D eigenvalue weighted by Crippen LogP contribution is 2.46. The normalized spacial score (nSPS) is 30.2. The van der Waals surface area contributed by atoms with E-state index in [1.807, 2.05) is 0 Å². The van der Waals surface area contributed by atoms with Gasteiger partial charge in [-0.2, -0.15) is 0 Å². The van der Waals surface area contributed by atoms with Crippen LogP contribution in [-0.4, -0.2) is 22.5 Å². The van der Waals surface area contributed by atoms with E-state index in [0.717, 1.165) is 0 Å². The summed E-state index contributed by atoms with van der Waals surface area (Å²) in [5, 5.41) is 12.6. The number of carbonyl (C=O) groups is 1. The second-order valence-corrected chi connectivity index (χ2v) is 5.13. The molecule has 1 N–H and O–H groups in total. The van der Waals surface area contributed by atoms with Crippen LogP contribution in [0.3, 0.4) is 0 Å². The van der Waals surface area contributed by atoms with Gasteiger partial charge in [0.05, 0.1) is 11.3 Å². The number of amides is 1. The summed E-state index contributed by atoms with van der Waals surface area (Å²) >= 11 is 4.26. The van der Waals surface area contributed by atoms with E-state index in [0.29, 0.717) is 3.81 Å². The second kappa shape index (κ2) is 3.35. The molecule has 0 spiro atoms. The van der Waals surface area contributed by atoms with Gasteiger partial charge >= 0.3 is 0 Å². The summed E-state index contributed by atoms with van der Waals surface area (Å²) in [6, 6.07) is 0. The van der Waals surface area contributed by atoms with Crippen molar-refractivity contribution < 1.29 is 9.72 Å². The van der Waals surface area contributed by atoms with Crippen LogP contribution in [0.1, 0.15) is 0 Å². The smallest absolute Gasteiger partial charge is 0.282 e. The van der Waals surface area contributed by atoms with Gasteiger partial charge in [0.2, 0.25) is 5.91 Å². The number of halogens is 1. The lowest BCUT2D eigenvalue weighted by Gasteiger charge is -2.16. The van der Waals surface area contributed by atoms with Crippen LogP contribution in [0, 0.1) is 16.0 Å². The summed E-state index contributed by atoms with van der Waals surface area (Å²) in [6.07, 6.45) is 1.28.